The van der Waals surface area contributed by atoms with E-state index < -0.39 is 0 Å². The Morgan fingerprint density at radius 2 is 1.80 bits per heavy atom. The average molecular weight is 250 g/mol. The number of guanidine groups is 1. The van der Waals surface area contributed by atoms with Gasteiger partial charge in [-0.05, 0) is 5.56 Å². The van der Waals surface area contributed by atoms with Crippen LogP contribution in [0.25, 0.3) is 0 Å². The summed E-state index contributed by atoms with van der Waals surface area (Å²) < 4.78 is 0. The van der Waals surface area contributed by atoms with Crippen LogP contribution in [0.2, 0.25) is 0 Å². The van der Waals surface area contributed by atoms with Crippen LogP contribution in [0, 0.1) is 0 Å². The maximum absolute atomic E-state index is 5.24. The van der Waals surface area contributed by atoms with Gasteiger partial charge in [-0.2, -0.15) is 5.10 Å². The molecule has 0 saturated carbocycles. The number of rotatable bonds is 2. The highest BCUT2D eigenvalue weighted by Gasteiger charge is 1.84. The molecule has 5 N–H and O–H groups in total. The molecule has 1 rings (SSSR count). The normalized spacial score (nSPS) is 10.3. The Kier molecular flexibility index (Phi) is 9.71. The number of hydrogen-bond donors (Lipinski definition) is 3. The lowest BCUT2D eigenvalue weighted by Crippen LogP contribution is -2.28. The van der Waals surface area contributed by atoms with E-state index in [-0.39, 0.29) is 30.8 Å². The summed E-state index contributed by atoms with van der Waals surface area (Å²) in [7, 11) is 0. The molecule has 0 aromatic heterocycles. The number of benzene rings is 1. The molecule has 0 bridgehead atoms. The van der Waals surface area contributed by atoms with Gasteiger partial charge < -0.3 is 11.6 Å². The van der Waals surface area contributed by atoms with Crippen molar-refractivity contribution in [1.29, 1.82) is 0 Å². The van der Waals surface area contributed by atoms with Gasteiger partial charge in [0.2, 0.25) is 5.96 Å². The summed E-state index contributed by atoms with van der Waals surface area (Å²) in [4.78, 5) is 0. The maximum Gasteiger partial charge on any atom is 0.231 e. The first-order chi connectivity index (χ1) is 6.33. The van der Waals surface area contributed by atoms with E-state index in [4.69, 9.17) is 11.6 Å². The summed E-state index contributed by atoms with van der Waals surface area (Å²) in [5, 5.41) is 6.99. The average Bonchev–Trinajstić information content (AvgIpc) is 2.19. The van der Waals surface area contributed by atoms with Crippen molar-refractivity contribution in [2.75, 3.05) is 0 Å². The third-order valence-corrected chi connectivity index (χ3v) is 1.33. The quantitative estimate of drug-likeness (QED) is 0.311. The smallest absolute Gasteiger partial charge is 0.231 e. The summed E-state index contributed by atoms with van der Waals surface area (Å²) >= 11 is 0. The van der Waals surface area contributed by atoms with Gasteiger partial charge in [-0.1, -0.05) is 30.3 Å². The van der Waals surface area contributed by atoms with Crippen LogP contribution in [0.15, 0.2) is 40.5 Å². The van der Waals surface area contributed by atoms with Crippen LogP contribution < -0.4 is 17.0 Å². The van der Waals surface area contributed by atoms with Gasteiger partial charge in [0.05, 0.1) is 6.21 Å². The van der Waals surface area contributed by atoms with Crippen LogP contribution in [0.3, 0.4) is 0 Å². The molecule has 0 aliphatic rings. The van der Waals surface area contributed by atoms with Gasteiger partial charge in [0.15, 0.2) is 0 Å². The Bertz CT molecular complexity index is 312. The Morgan fingerprint density at radius 3 is 2.33 bits per heavy atom. The molecule has 15 heavy (non-hydrogen) atoms. The molecule has 0 unspecified atom stereocenters. The summed E-state index contributed by atoms with van der Waals surface area (Å²) in [5.41, 5.74) is 8.66. The minimum absolute atomic E-state index is 0. The highest BCUT2D eigenvalue weighted by molar-refractivity contribution is 5.85. The van der Waals surface area contributed by atoms with E-state index in [1.165, 1.54) is 0 Å². The number of nitrogens with zero attached hydrogens (tertiary/aromatic N) is 2. The largest absolute Gasteiger partial charge is 0.367 e. The van der Waals surface area contributed by atoms with Crippen LogP contribution in [0.4, 0.5) is 0 Å². The Labute approximate surface area is 100 Å². The van der Waals surface area contributed by atoms with Gasteiger partial charge in [0, 0.05) is 0 Å². The Hall–Kier alpha value is -1.46. The molecule has 0 spiro atoms. The second kappa shape index (κ2) is 9.11. The van der Waals surface area contributed by atoms with Crippen LogP contribution in [0.1, 0.15) is 5.56 Å². The molecule has 0 saturated heterocycles. The molecule has 1 aromatic carbocycles. The third-order valence-electron chi connectivity index (χ3n) is 1.33. The molecule has 5 nitrogen and oxygen atoms in total. The number of nitrogens with one attached hydrogen (secondary N) is 1. The van der Waals surface area contributed by atoms with Crippen LogP contribution >= 0.6 is 24.8 Å². The first kappa shape index (κ1) is 16.0. The van der Waals surface area contributed by atoms with Crippen LogP contribution in [-0.2, 0) is 0 Å². The van der Waals surface area contributed by atoms with Crippen molar-refractivity contribution in [1.82, 2.24) is 5.43 Å². The van der Waals surface area contributed by atoms with E-state index in [9.17, 15) is 0 Å². The van der Waals surface area contributed by atoms with Crippen molar-refractivity contribution in [3.63, 3.8) is 0 Å². The fourth-order valence-electron chi connectivity index (χ4n) is 0.741. The summed E-state index contributed by atoms with van der Waals surface area (Å²) in [6.45, 7) is 0. The highest BCUT2D eigenvalue weighted by atomic mass is 35.5. The third kappa shape index (κ3) is 6.59. The summed E-state index contributed by atoms with van der Waals surface area (Å²) in [6.07, 6.45) is 1.62. The monoisotopic (exact) mass is 249 g/mol. The number of hydrogen-bond acceptors (Lipinski definition) is 3. The number of halogens is 2. The van der Waals surface area contributed by atoms with Crippen molar-refractivity contribution < 1.29 is 0 Å². The second-order valence-electron chi connectivity index (χ2n) is 2.30. The molecule has 1 aromatic rings. The Balaban J connectivity index is 0. The standard InChI is InChI=1S/C8H11N5.2ClH/c9-8(12-10)13-11-6-7-4-2-1-3-5-7;;/h1-6H,10H2,(H3,9,12,13);2*1H. The van der Waals surface area contributed by atoms with Crippen molar-refractivity contribution in [2.24, 2.45) is 21.8 Å². The zero-order chi connectivity index (χ0) is 9.52. The minimum atomic E-state index is 0. The zero-order valence-corrected chi connectivity index (χ0v) is 9.46. The number of hydrazone groups is 2. The van der Waals surface area contributed by atoms with Gasteiger partial charge in [-0.15, -0.1) is 29.9 Å². The van der Waals surface area contributed by atoms with Gasteiger partial charge >= 0.3 is 0 Å². The van der Waals surface area contributed by atoms with E-state index in [2.05, 4.69) is 15.6 Å². The maximum atomic E-state index is 5.24. The van der Waals surface area contributed by atoms with Crippen LogP contribution in [0.5, 0.6) is 0 Å². The van der Waals surface area contributed by atoms with E-state index >= 15 is 0 Å². The van der Waals surface area contributed by atoms with E-state index in [1.807, 2.05) is 30.3 Å². The van der Waals surface area contributed by atoms with E-state index in [0.717, 1.165) is 5.56 Å². The molecule has 0 amide bonds. The molecule has 84 valence electrons. The first-order valence-electron chi connectivity index (χ1n) is 3.70. The first-order valence-corrected chi connectivity index (χ1v) is 3.70. The van der Waals surface area contributed by atoms with Crippen molar-refractivity contribution in [3.8, 4) is 0 Å². The molecular weight excluding hydrogens is 237 g/mol. The van der Waals surface area contributed by atoms with Gasteiger partial charge in [-0.25, -0.2) is 5.43 Å². The molecule has 0 aliphatic heterocycles. The molecule has 0 fully saturated rings. The second-order valence-corrected chi connectivity index (χ2v) is 2.30. The zero-order valence-electron chi connectivity index (χ0n) is 7.83. The summed E-state index contributed by atoms with van der Waals surface area (Å²) in [6, 6.07) is 9.60. The predicted molar refractivity (Wildman–Crippen MR) is 67.5 cm³/mol. The Morgan fingerprint density at radius 1 is 1.20 bits per heavy atom. The fourth-order valence-corrected chi connectivity index (χ4v) is 0.741. The SMILES string of the molecule is Cl.Cl.NN=C(N)NN=Cc1ccccc1. The van der Waals surface area contributed by atoms with Crippen molar-refractivity contribution in [2.45, 2.75) is 0 Å². The number of nitrogens with two attached hydrogens (primary N) is 2. The fraction of sp³-hybridized carbons (Fsp3) is 0. The summed E-state index contributed by atoms with van der Waals surface area (Å²) in [5.74, 6) is 4.95. The molecule has 7 heteroatoms. The molecule has 0 heterocycles. The van der Waals surface area contributed by atoms with Crippen molar-refractivity contribution in [3.05, 3.63) is 35.9 Å². The van der Waals surface area contributed by atoms with Crippen molar-refractivity contribution >= 4 is 37.0 Å². The van der Waals surface area contributed by atoms with E-state index in [0.29, 0.717) is 0 Å². The molecule has 0 aliphatic carbocycles. The van der Waals surface area contributed by atoms with Gasteiger partial charge in [0.1, 0.15) is 0 Å². The molecular formula is C8H13Cl2N5. The van der Waals surface area contributed by atoms with Gasteiger partial charge in [-0.3, -0.25) is 0 Å². The lowest BCUT2D eigenvalue weighted by molar-refractivity contribution is 0.993. The lowest BCUT2D eigenvalue weighted by Gasteiger charge is -1.95. The predicted octanol–water partition coefficient (Wildman–Crippen LogP) is 0.642. The molecule has 0 atom stereocenters. The highest BCUT2D eigenvalue weighted by Crippen LogP contribution is 1.92. The van der Waals surface area contributed by atoms with E-state index in [1.54, 1.807) is 6.21 Å². The van der Waals surface area contributed by atoms with Crippen LogP contribution in [-0.4, -0.2) is 12.2 Å². The molecule has 0 radical (unpaired) electrons. The van der Waals surface area contributed by atoms with Gasteiger partial charge in [0.25, 0.3) is 0 Å². The lowest BCUT2D eigenvalue weighted by atomic mass is 10.2. The minimum Gasteiger partial charge on any atom is -0.367 e. The topological polar surface area (TPSA) is 88.8 Å².